The number of aromatic nitrogens is 5. The Labute approximate surface area is 159 Å². The summed E-state index contributed by atoms with van der Waals surface area (Å²) in [7, 11) is 1.74. The third-order valence-corrected chi connectivity index (χ3v) is 4.81. The number of thiazole rings is 1. The van der Waals surface area contributed by atoms with Gasteiger partial charge in [-0.3, -0.25) is 4.79 Å². The lowest BCUT2D eigenvalue weighted by Crippen LogP contribution is -2.26. The SMILES string of the molecule is Cc1c(C(=O)N(C)Cc2nccs2)cnn1-c1nccc(-c2ccco2)n1. The third-order valence-electron chi connectivity index (χ3n) is 4.05. The number of hydrogen-bond acceptors (Lipinski definition) is 7. The van der Waals surface area contributed by atoms with E-state index >= 15 is 0 Å². The molecule has 0 aliphatic heterocycles. The fourth-order valence-electron chi connectivity index (χ4n) is 2.64. The maximum atomic E-state index is 12.8. The molecule has 27 heavy (non-hydrogen) atoms. The maximum absolute atomic E-state index is 12.8. The quantitative estimate of drug-likeness (QED) is 0.529. The summed E-state index contributed by atoms with van der Waals surface area (Å²) in [6, 6.07) is 5.38. The van der Waals surface area contributed by atoms with Crippen LogP contribution in [0.5, 0.6) is 0 Å². The number of carbonyl (C=O) groups excluding carboxylic acids is 1. The van der Waals surface area contributed by atoms with Gasteiger partial charge in [-0.2, -0.15) is 5.10 Å². The molecule has 4 heterocycles. The third kappa shape index (κ3) is 3.36. The Morgan fingerprint density at radius 3 is 2.93 bits per heavy atom. The van der Waals surface area contributed by atoms with Gasteiger partial charge in [-0.15, -0.1) is 11.3 Å². The first-order valence-electron chi connectivity index (χ1n) is 8.19. The minimum absolute atomic E-state index is 0.129. The first-order chi connectivity index (χ1) is 13.1. The van der Waals surface area contributed by atoms with Gasteiger partial charge >= 0.3 is 0 Å². The van der Waals surface area contributed by atoms with E-state index in [0.717, 1.165) is 5.01 Å². The molecule has 0 unspecified atom stereocenters. The Bertz CT molecular complexity index is 1060. The van der Waals surface area contributed by atoms with Crippen molar-refractivity contribution in [3.8, 4) is 17.4 Å². The zero-order chi connectivity index (χ0) is 18.8. The molecule has 4 rings (SSSR count). The molecule has 8 nitrogen and oxygen atoms in total. The molecule has 0 atom stereocenters. The second-order valence-electron chi connectivity index (χ2n) is 5.86. The van der Waals surface area contributed by atoms with E-state index in [-0.39, 0.29) is 5.91 Å². The van der Waals surface area contributed by atoms with Crippen LogP contribution >= 0.6 is 11.3 Å². The van der Waals surface area contributed by atoms with Crippen molar-refractivity contribution in [3.05, 3.63) is 64.7 Å². The smallest absolute Gasteiger partial charge is 0.257 e. The molecule has 4 aromatic rings. The summed E-state index contributed by atoms with van der Waals surface area (Å²) in [5, 5.41) is 7.08. The molecule has 0 spiro atoms. The number of rotatable bonds is 5. The predicted molar refractivity (Wildman–Crippen MR) is 99.5 cm³/mol. The van der Waals surface area contributed by atoms with Gasteiger partial charge in [0.1, 0.15) is 10.7 Å². The van der Waals surface area contributed by atoms with Gasteiger partial charge in [0.15, 0.2) is 5.76 Å². The molecule has 0 N–H and O–H groups in total. The minimum Gasteiger partial charge on any atom is -0.463 e. The Hall–Kier alpha value is -3.33. The molecule has 0 saturated carbocycles. The average molecular weight is 380 g/mol. The van der Waals surface area contributed by atoms with Gasteiger partial charge in [0.05, 0.1) is 30.3 Å². The van der Waals surface area contributed by atoms with Crippen LogP contribution in [0.15, 0.2) is 52.9 Å². The van der Waals surface area contributed by atoms with Crippen molar-refractivity contribution in [2.45, 2.75) is 13.5 Å². The minimum atomic E-state index is -0.129. The van der Waals surface area contributed by atoms with Gasteiger partial charge in [0.25, 0.3) is 11.9 Å². The molecule has 0 aromatic carbocycles. The van der Waals surface area contributed by atoms with Gasteiger partial charge in [-0.25, -0.2) is 19.6 Å². The number of amides is 1. The normalized spacial score (nSPS) is 10.9. The van der Waals surface area contributed by atoms with Gasteiger partial charge < -0.3 is 9.32 Å². The van der Waals surface area contributed by atoms with Crippen LogP contribution in [0.1, 0.15) is 21.1 Å². The molecule has 0 bridgehead atoms. The Morgan fingerprint density at radius 2 is 2.19 bits per heavy atom. The summed E-state index contributed by atoms with van der Waals surface area (Å²) in [4.78, 5) is 27.4. The molecule has 0 aliphatic carbocycles. The molecule has 0 saturated heterocycles. The van der Waals surface area contributed by atoms with E-state index in [2.05, 4.69) is 20.1 Å². The second-order valence-corrected chi connectivity index (χ2v) is 6.84. The second kappa shape index (κ2) is 7.12. The van der Waals surface area contributed by atoms with Crippen molar-refractivity contribution in [2.75, 3.05) is 7.05 Å². The topological polar surface area (TPSA) is 89.9 Å². The van der Waals surface area contributed by atoms with Crippen molar-refractivity contribution >= 4 is 17.2 Å². The summed E-state index contributed by atoms with van der Waals surface area (Å²) in [5.41, 5.74) is 1.82. The molecule has 136 valence electrons. The van der Waals surface area contributed by atoms with E-state index in [1.807, 2.05) is 18.4 Å². The standard InChI is InChI=1S/C18H16N6O2S/c1-12-13(17(25)23(2)11-16-19-7-9-27-16)10-21-24(12)18-20-6-5-14(22-18)15-4-3-8-26-15/h3-10H,11H2,1-2H3. The van der Waals surface area contributed by atoms with Crippen LogP contribution in [0.4, 0.5) is 0 Å². The first-order valence-corrected chi connectivity index (χ1v) is 9.07. The number of furan rings is 1. The number of nitrogens with zero attached hydrogens (tertiary/aromatic N) is 6. The lowest BCUT2D eigenvalue weighted by Gasteiger charge is -2.15. The van der Waals surface area contributed by atoms with E-state index in [1.165, 1.54) is 11.3 Å². The van der Waals surface area contributed by atoms with E-state index in [1.54, 1.807) is 53.6 Å². The summed E-state index contributed by atoms with van der Waals surface area (Å²) in [6.45, 7) is 2.27. The van der Waals surface area contributed by atoms with Crippen LogP contribution in [0.3, 0.4) is 0 Å². The van der Waals surface area contributed by atoms with Crippen LogP contribution in [0, 0.1) is 6.92 Å². The van der Waals surface area contributed by atoms with Crippen molar-refractivity contribution in [2.24, 2.45) is 0 Å². The number of hydrogen-bond donors (Lipinski definition) is 0. The molecular weight excluding hydrogens is 364 g/mol. The molecular formula is C18H16N6O2S. The van der Waals surface area contributed by atoms with Gasteiger partial charge in [0.2, 0.25) is 0 Å². The zero-order valence-electron chi connectivity index (χ0n) is 14.7. The molecule has 0 fully saturated rings. The number of carbonyl (C=O) groups is 1. The summed E-state index contributed by atoms with van der Waals surface area (Å²) >= 11 is 1.52. The Kier molecular flexibility index (Phi) is 4.51. The zero-order valence-corrected chi connectivity index (χ0v) is 15.6. The van der Waals surface area contributed by atoms with Crippen LogP contribution in [-0.4, -0.2) is 42.6 Å². The highest BCUT2D eigenvalue weighted by molar-refractivity contribution is 7.09. The van der Waals surface area contributed by atoms with Crippen molar-refractivity contribution in [1.29, 1.82) is 0 Å². The lowest BCUT2D eigenvalue weighted by molar-refractivity contribution is 0.0784. The predicted octanol–water partition coefficient (Wildman–Crippen LogP) is 2.96. The van der Waals surface area contributed by atoms with Crippen LogP contribution in [0.25, 0.3) is 17.4 Å². The van der Waals surface area contributed by atoms with Gasteiger partial charge in [-0.05, 0) is 25.1 Å². The maximum Gasteiger partial charge on any atom is 0.257 e. The van der Waals surface area contributed by atoms with Gasteiger partial charge in [0, 0.05) is 24.8 Å². The van der Waals surface area contributed by atoms with Crippen LogP contribution in [-0.2, 0) is 6.54 Å². The fraction of sp³-hybridized carbons (Fsp3) is 0.167. The van der Waals surface area contributed by atoms with Crippen LogP contribution in [0.2, 0.25) is 0 Å². The Morgan fingerprint density at radius 1 is 1.30 bits per heavy atom. The van der Waals surface area contributed by atoms with Crippen molar-refractivity contribution in [1.82, 2.24) is 29.6 Å². The Balaban J connectivity index is 1.61. The monoisotopic (exact) mass is 380 g/mol. The van der Waals surface area contributed by atoms with Crippen LogP contribution < -0.4 is 0 Å². The van der Waals surface area contributed by atoms with Crippen molar-refractivity contribution in [3.63, 3.8) is 0 Å². The van der Waals surface area contributed by atoms with Crippen molar-refractivity contribution < 1.29 is 9.21 Å². The van der Waals surface area contributed by atoms with E-state index < -0.39 is 0 Å². The van der Waals surface area contributed by atoms with E-state index in [0.29, 0.717) is 35.2 Å². The molecule has 9 heteroatoms. The van der Waals surface area contributed by atoms with E-state index in [4.69, 9.17) is 4.42 Å². The molecule has 1 amide bonds. The summed E-state index contributed by atoms with van der Waals surface area (Å²) in [5.74, 6) is 0.891. The largest absolute Gasteiger partial charge is 0.463 e. The van der Waals surface area contributed by atoms with Gasteiger partial charge in [-0.1, -0.05) is 0 Å². The lowest BCUT2D eigenvalue weighted by atomic mass is 10.2. The first kappa shape index (κ1) is 17.1. The average Bonchev–Trinajstić information content (AvgIpc) is 3.43. The molecule has 4 aromatic heterocycles. The summed E-state index contributed by atoms with van der Waals surface area (Å²) < 4.78 is 6.93. The molecule has 0 aliphatic rings. The molecule has 0 radical (unpaired) electrons. The summed E-state index contributed by atoms with van der Waals surface area (Å²) in [6.07, 6.45) is 6.49. The van der Waals surface area contributed by atoms with E-state index in [9.17, 15) is 4.79 Å². The highest BCUT2D eigenvalue weighted by atomic mass is 32.1. The highest BCUT2D eigenvalue weighted by Crippen LogP contribution is 2.19. The fourth-order valence-corrected chi connectivity index (χ4v) is 3.31. The highest BCUT2D eigenvalue weighted by Gasteiger charge is 2.20.